The van der Waals surface area contributed by atoms with E-state index in [4.69, 9.17) is 5.11 Å². The summed E-state index contributed by atoms with van der Waals surface area (Å²) in [5.41, 5.74) is 0. The molecular weight excluding hydrogens is 256 g/mol. The Morgan fingerprint density at radius 1 is 1.50 bits per heavy atom. The Balaban J connectivity index is 2.61. The summed E-state index contributed by atoms with van der Waals surface area (Å²) in [5, 5.41) is 11.1. The van der Waals surface area contributed by atoms with E-state index in [-0.39, 0.29) is 11.8 Å². The van der Waals surface area contributed by atoms with Crippen molar-refractivity contribution < 1.29 is 19.5 Å². The van der Waals surface area contributed by atoms with Gasteiger partial charge in [0.15, 0.2) is 0 Å². The van der Waals surface area contributed by atoms with Crippen molar-refractivity contribution in [2.75, 3.05) is 11.6 Å². The molecule has 1 aliphatic heterocycles. The maximum atomic E-state index is 11.9. The summed E-state index contributed by atoms with van der Waals surface area (Å²) in [4.78, 5) is 35.9. The van der Waals surface area contributed by atoms with Crippen LogP contribution in [0.25, 0.3) is 0 Å². The molecule has 0 aromatic heterocycles. The SMILES string of the molecule is CCCC(=O)N1CSCC1C(=O)NC(C)C(=O)O. The minimum atomic E-state index is -1.08. The first kappa shape index (κ1) is 14.8. The lowest BCUT2D eigenvalue weighted by Gasteiger charge is -2.23. The third kappa shape index (κ3) is 3.63. The lowest BCUT2D eigenvalue weighted by molar-refractivity contribution is -0.143. The van der Waals surface area contributed by atoms with Gasteiger partial charge in [-0.1, -0.05) is 6.92 Å². The smallest absolute Gasteiger partial charge is 0.325 e. The summed E-state index contributed by atoms with van der Waals surface area (Å²) in [5.74, 6) is -0.503. The normalized spacial score (nSPS) is 20.6. The number of amides is 2. The number of nitrogens with zero attached hydrogens (tertiary/aromatic N) is 1. The maximum absolute atomic E-state index is 11.9. The molecule has 1 aliphatic rings. The van der Waals surface area contributed by atoms with Gasteiger partial charge in [0.05, 0.1) is 5.88 Å². The molecule has 7 heteroatoms. The zero-order valence-corrected chi connectivity index (χ0v) is 11.3. The Kier molecular flexibility index (Phi) is 5.46. The maximum Gasteiger partial charge on any atom is 0.325 e. The van der Waals surface area contributed by atoms with Crippen molar-refractivity contribution in [1.82, 2.24) is 10.2 Å². The second kappa shape index (κ2) is 6.63. The van der Waals surface area contributed by atoms with Crippen molar-refractivity contribution in [2.45, 2.75) is 38.8 Å². The van der Waals surface area contributed by atoms with E-state index in [2.05, 4.69) is 5.32 Å². The van der Waals surface area contributed by atoms with Crippen LogP contribution in [-0.2, 0) is 14.4 Å². The molecule has 0 aromatic rings. The van der Waals surface area contributed by atoms with Crippen LogP contribution in [0.4, 0.5) is 0 Å². The zero-order chi connectivity index (χ0) is 13.7. The van der Waals surface area contributed by atoms with Crippen LogP contribution in [0.5, 0.6) is 0 Å². The van der Waals surface area contributed by atoms with Crippen molar-refractivity contribution in [1.29, 1.82) is 0 Å². The Bertz CT molecular complexity index is 348. The summed E-state index contributed by atoms with van der Waals surface area (Å²) in [6, 6.07) is -1.48. The highest BCUT2D eigenvalue weighted by Crippen LogP contribution is 2.22. The Morgan fingerprint density at radius 2 is 2.17 bits per heavy atom. The van der Waals surface area contributed by atoms with E-state index in [1.54, 1.807) is 0 Å². The van der Waals surface area contributed by atoms with E-state index in [1.165, 1.54) is 23.6 Å². The minimum Gasteiger partial charge on any atom is -0.480 e. The van der Waals surface area contributed by atoms with Crippen LogP contribution in [-0.4, -0.2) is 51.5 Å². The third-order valence-corrected chi connectivity index (χ3v) is 3.71. The number of hydrogen-bond acceptors (Lipinski definition) is 4. The number of rotatable bonds is 5. The van der Waals surface area contributed by atoms with Crippen molar-refractivity contribution in [2.24, 2.45) is 0 Å². The van der Waals surface area contributed by atoms with Crippen LogP contribution < -0.4 is 5.32 Å². The molecule has 2 atom stereocenters. The number of carboxylic acids is 1. The zero-order valence-electron chi connectivity index (χ0n) is 10.5. The van der Waals surface area contributed by atoms with Crippen LogP contribution >= 0.6 is 11.8 Å². The molecule has 18 heavy (non-hydrogen) atoms. The van der Waals surface area contributed by atoms with Gasteiger partial charge < -0.3 is 15.3 Å². The molecule has 102 valence electrons. The molecule has 6 nitrogen and oxygen atoms in total. The lowest BCUT2D eigenvalue weighted by Crippen LogP contribution is -2.50. The number of thioether (sulfide) groups is 1. The first-order chi connectivity index (χ1) is 8.47. The van der Waals surface area contributed by atoms with Crippen LogP contribution in [0.3, 0.4) is 0 Å². The molecule has 2 unspecified atom stereocenters. The van der Waals surface area contributed by atoms with Gasteiger partial charge >= 0.3 is 5.97 Å². The van der Waals surface area contributed by atoms with E-state index >= 15 is 0 Å². The van der Waals surface area contributed by atoms with Crippen molar-refractivity contribution in [3.05, 3.63) is 0 Å². The standard InChI is InChI=1S/C11H18N2O4S/c1-3-4-9(14)13-6-18-5-8(13)10(15)12-7(2)11(16)17/h7-8H,3-6H2,1-2H3,(H,12,15)(H,16,17). The molecular formula is C11H18N2O4S. The van der Waals surface area contributed by atoms with Crippen LogP contribution in [0.1, 0.15) is 26.7 Å². The topological polar surface area (TPSA) is 86.7 Å². The van der Waals surface area contributed by atoms with Gasteiger partial charge in [0, 0.05) is 12.2 Å². The fraction of sp³-hybridized carbons (Fsp3) is 0.727. The first-order valence-corrected chi connectivity index (χ1v) is 7.03. The summed E-state index contributed by atoms with van der Waals surface area (Å²) in [6.45, 7) is 3.31. The molecule has 1 saturated heterocycles. The van der Waals surface area contributed by atoms with Crippen LogP contribution in [0, 0.1) is 0 Å². The third-order valence-electron chi connectivity index (χ3n) is 2.70. The van der Waals surface area contributed by atoms with E-state index < -0.39 is 18.1 Å². The van der Waals surface area contributed by atoms with Gasteiger partial charge in [-0.05, 0) is 13.3 Å². The molecule has 0 aromatic carbocycles. The minimum absolute atomic E-state index is 0.0503. The quantitative estimate of drug-likeness (QED) is 0.752. The number of carbonyl (C=O) groups excluding carboxylic acids is 2. The van der Waals surface area contributed by atoms with E-state index in [0.29, 0.717) is 18.1 Å². The number of hydrogen-bond donors (Lipinski definition) is 2. The second-order valence-electron chi connectivity index (χ2n) is 4.20. The predicted molar refractivity (Wildman–Crippen MR) is 68.1 cm³/mol. The molecule has 1 heterocycles. The number of nitrogens with one attached hydrogen (secondary N) is 1. The molecule has 1 fully saturated rings. The van der Waals surface area contributed by atoms with Gasteiger partial charge in [0.2, 0.25) is 11.8 Å². The fourth-order valence-corrected chi connectivity index (χ4v) is 2.82. The summed E-state index contributed by atoms with van der Waals surface area (Å²) in [7, 11) is 0. The highest BCUT2D eigenvalue weighted by Gasteiger charge is 2.35. The van der Waals surface area contributed by atoms with Gasteiger partial charge in [-0.15, -0.1) is 11.8 Å². The fourth-order valence-electron chi connectivity index (χ4n) is 1.63. The summed E-state index contributed by atoms with van der Waals surface area (Å²) < 4.78 is 0. The largest absolute Gasteiger partial charge is 0.480 e. The van der Waals surface area contributed by atoms with Gasteiger partial charge in [0.1, 0.15) is 12.1 Å². The van der Waals surface area contributed by atoms with Gasteiger partial charge in [-0.3, -0.25) is 14.4 Å². The van der Waals surface area contributed by atoms with Gasteiger partial charge in [-0.25, -0.2) is 0 Å². The molecule has 0 aliphatic carbocycles. The summed E-state index contributed by atoms with van der Waals surface area (Å²) in [6.07, 6.45) is 1.15. The number of carboxylic acid groups (broad SMARTS) is 1. The van der Waals surface area contributed by atoms with Gasteiger partial charge in [0.25, 0.3) is 0 Å². The van der Waals surface area contributed by atoms with Crippen LogP contribution in [0.15, 0.2) is 0 Å². The van der Waals surface area contributed by atoms with E-state index in [1.807, 2.05) is 6.92 Å². The average Bonchev–Trinajstić information content (AvgIpc) is 2.77. The van der Waals surface area contributed by atoms with E-state index in [0.717, 1.165) is 6.42 Å². The predicted octanol–water partition coefficient (Wildman–Crippen LogP) is 0.277. The molecule has 0 saturated carbocycles. The van der Waals surface area contributed by atoms with Gasteiger partial charge in [-0.2, -0.15) is 0 Å². The Labute approximate surface area is 110 Å². The first-order valence-electron chi connectivity index (χ1n) is 5.87. The Hall–Kier alpha value is -1.24. The van der Waals surface area contributed by atoms with E-state index in [9.17, 15) is 14.4 Å². The van der Waals surface area contributed by atoms with Crippen molar-refractivity contribution in [3.63, 3.8) is 0 Å². The molecule has 0 radical (unpaired) electrons. The number of carbonyl (C=O) groups is 3. The highest BCUT2D eigenvalue weighted by atomic mass is 32.2. The van der Waals surface area contributed by atoms with Crippen molar-refractivity contribution >= 4 is 29.5 Å². The molecule has 2 N–H and O–H groups in total. The molecule has 1 rings (SSSR count). The molecule has 2 amide bonds. The Morgan fingerprint density at radius 3 is 2.72 bits per heavy atom. The molecule has 0 spiro atoms. The van der Waals surface area contributed by atoms with Crippen LogP contribution in [0.2, 0.25) is 0 Å². The van der Waals surface area contributed by atoms with Crippen molar-refractivity contribution in [3.8, 4) is 0 Å². The highest BCUT2D eigenvalue weighted by molar-refractivity contribution is 7.99. The monoisotopic (exact) mass is 274 g/mol. The molecule has 0 bridgehead atoms. The second-order valence-corrected chi connectivity index (χ2v) is 5.20. The number of aliphatic carboxylic acids is 1. The lowest BCUT2D eigenvalue weighted by atomic mass is 10.2. The average molecular weight is 274 g/mol. The summed E-state index contributed by atoms with van der Waals surface area (Å²) >= 11 is 1.51.